The molecular formula is C20H30N2O4. The summed E-state index contributed by atoms with van der Waals surface area (Å²) in [5.74, 6) is 1.17. The maximum absolute atomic E-state index is 12.1. The van der Waals surface area contributed by atoms with Gasteiger partial charge < -0.3 is 9.47 Å². The molecular weight excluding hydrogens is 332 g/mol. The van der Waals surface area contributed by atoms with E-state index in [-0.39, 0.29) is 11.9 Å². The smallest absolute Gasteiger partial charge is 0.316 e. The van der Waals surface area contributed by atoms with Crippen molar-refractivity contribution < 1.29 is 19.1 Å². The van der Waals surface area contributed by atoms with E-state index < -0.39 is 0 Å². The van der Waals surface area contributed by atoms with Gasteiger partial charge in [-0.1, -0.05) is 20.3 Å². The Bertz CT molecular complexity index is 566. The fourth-order valence-electron chi connectivity index (χ4n) is 3.22. The maximum atomic E-state index is 12.1. The largest absolute Gasteiger partial charge is 0.463 e. The molecule has 1 heterocycles. The van der Waals surface area contributed by atoms with Crippen LogP contribution in [0.3, 0.4) is 0 Å². The number of hydrogen-bond donors (Lipinski definition) is 0. The molecule has 0 unspecified atom stereocenters. The van der Waals surface area contributed by atoms with Crippen LogP contribution in [0.4, 0.5) is 0 Å². The van der Waals surface area contributed by atoms with Crippen molar-refractivity contribution in [1.82, 2.24) is 9.97 Å². The molecule has 1 aromatic rings. The van der Waals surface area contributed by atoms with Crippen LogP contribution in [-0.2, 0) is 9.59 Å². The maximum Gasteiger partial charge on any atom is 0.316 e. The van der Waals surface area contributed by atoms with Gasteiger partial charge in [0.1, 0.15) is 5.78 Å². The van der Waals surface area contributed by atoms with Crippen LogP contribution in [-0.4, -0.2) is 28.3 Å². The van der Waals surface area contributed by atoms with Crippen LogP contribution in [0.15, 0.2) is 12.4 Å². The predicted octanol–water partition coefficient (Wildman–Crippen LogP) is 4.13. The van der Waals surface area contributed by atoms with Gasteiger partial charge in [-0.3, -0.25) is 9.59 Å². The van der Waals surface area contributed by atoms with Gasteiger partial charge in [-0.2, -0.15) is 9.97 Å². The van der Waals surface area contributed by atoms with Crippen LogP contribution >= 0.6 is 0 Å². The van der Waals surface area contributed by atoms with E-state index in [9.17, 15) is 9.59 Å². The lowest BCUT2D eigenvalue weighted by atomic mass is 9.79. The van der Waals surface area contributed by atoms with Crippen molar-refractivity contribution in [2.45, 2.75) is 71.6 Å². The van der Waals surface area contributed by atoms with E-state index in [0.717, 1.165) is 51.4 Å². The molecule has 0 aromatic carbocycles. The molecule has 1 fully saturated rings. The molecule has 0 amide bonds. The molecule has 26 heavy (non-hydrogen) atoms. The van der Waals surface area contributed by atoms with Crippen LogP contribution in [0.25, 0.3) is 0 Å². The first-order valence-corrected chi connectivity index (χ1v) is 9.80. The van der Waals surface area contributed by atoms with Crippen molar-refractivity contribution >= 4 is 11.8 Å². The summed E-state index contributed by atoms with van der Waals surface area (Å²) in [6, 6.07) is 0.293. The first kappa shape index (κ1) is 20.3. The van der Waals surface area contributed by atoms with Crippen molar-refractivity contribution in [2.75, 3.05) is 6.61 Å². The average Bonchev–Trinajstić information content (AvgIpc) is 2.66. The molecule has 1 saturated carbocycles. The molecule has 0 bridgehead atoms. The number of ketones is 1. The molecule has 0 radical (unpaired) electrons. The Morgan fingerprint density at radius 1 is 1.04 bits per heavy atom. The van der Waals surface area contributed by atoms with Crippen molar-refractivity contribution in [1.29, 1.82) is 0 Å². The zero-order chi connectivity index (χ0) is 18.8. The van der Waals surface area contributed by atoms with Crippen LogP contribution < -0.4 is 9.47 Å². The van der Waals surface area contributed by atoms with Crippen LogP contribution in [0.5, 0.6) is 11.8 Å². The summed E-state index contributed by atoms with van der Waals surface area (Å²) in [7, 11) is 0. The number of Topliss-reactive ketones (excluding diaryl/α,β-unsaturated/α-hetero) is 1. The molecule has 0 atom stereocenters. The molecule has 0 aliphatic heterocycles. The van der Waals surface area contributed by atoms with Crippen LogP contribution in [0.2, 0.25) is 0 Å². The van der Waals surface area contributed by atoms with Crippen molar-refractivity contribution in [3.8, 4) is 11.8 Å². The highest BCUT2D eigenvalue weighted by Crippen LogP contribution is 2.30. The zero-order valence-corrected chi connectivity index (χ0v) is 15.9. The SMILES string of the molecule is CCCCC(=O)C1CCC(COc2ncc(OC(=O)CCC)cn2)CC1. The highest BCUT2D eigenvalue weighted by Gasteiger charge is 2.26. The Balaban J connectivity index is 1.69. The van der Waals surface area contributed by atoms with E-state index in [1.54, 1.807) is 0 Å². The first-order valence-electron chi connectivity index (χ1n) is 9.80. The summed E-state index contributed by atoms with van der Waals surface area (Å²) in [5, 5.41) is 0. The van der Waals surface area contributed by atoms with E-state index >= 15 is 0 Å². The summed E-state index contributed by atoms with van der Waals surface area (Å²) in [6.07, 6.45) is 10.8. The summed E-state index contributed by atoms with van der Waals surface area (Å²) in [5.41, 5.74) is 0. The van der Waals surface area contributed by atoms with Gasteiger partial charge in [0.05, 0.1) is 19.0 Å². The standard InChI is InChI=1S/C20H30N2O4/c1-3-5-7-18(23)16-10-8-15(9-11-16)14-25-20-21-12-17(13-22-20)26-19(24)6-4-2/h12-13,15-16H,3-11,14H2,1-2H3. The number of hydrogen-bond acceptors (Lipinski definition) is 6. The molecule has 1 aliphatic carbocycles. The average molecular weight is 362 g/mol. The Labute approximate surface area is 155 Å². The molecule has 2 rings (SSSR count). The fourth-order valence-corrected chi connectivity index (χ4v) is 3.22. The Morgan fingerprint density at radius 2 is 1.73 bits per heavy atom. The second kappa shape index (κ2) is 10.9. The van der Waals surface area contributed by atoms with E-state index in [1.807, 2.05) is 6.92 Å². The first-order chi connectivity index (χ1) is 12.6. The van der Waals surface area contributed by atoms with Gasteiger partial charge in [0.25, 0.3) is 0 Å². The molecule has 6 nitrogen and oxygen atoms in total. The van der Waals surface area contributed by atoms with Crippen molar-refractivity contribution in [3.63, 3.8) is 0 Å². The second-order valence-corrected chi connectivity index (χ2v) is 7.02. The summed E-state index contributed by atoms with van der Waals surface area (Å²) >= 11 is 0. The minimum absolute atomic E-state index is 0.242. The van der Waals surface area contributed by atoms with Crippen molar-refractivity contribution in [2.24, 2.45) is 11.8 Å². The molecule has 1 aromatic heterocycles. The van der Waals surface area contributed by atoms with Gasteiger partial charge in [-0.05, 0) is 44.4 Å². The van der Waals surface area contributed by atoms with Gasteiger partial charge in [-0.25, -0.2) is 0 Å². The quantitative estimate of drug-likeness (QED) is 0.582. The number of rotatable bonds is 10. The Hall–Kier alpha value is -1.98. The van der Waals surface area contributed by atoms with Gasteiger partial charge in [0.2, 0.25) is 0 Å². The third kappa shape index (κ3) is 6.73. The van der Waals surface area contributed by atoms with E-state index in [4.69, 9.17) is 9.47 Å². The number of esters is 1. The second-order valence-electron chi connectivity index (χ2n) is 7.02. The molecule has 6 heteroatoms. The topological polar surface area (TPSA) is 78.4 Å². The molecule has 144 valence electrons. The highest BCUT2D eigenvalue weighted by atomic mass is 16.5. The lowest BCUT2D eigenvalue weighted by Gasteiger charge is -2.27. The minimum atomic E-state index is -0.282. The molecule has 1 aliphatic rings. The summed E-state index contributed by atoms with van der Waals surface area (Å²) in [4.78, 5) is 31.7. The normalized spacial score (nSPS) is 19.8. The predicted molar refractivity (Wildman–Crippen MR) is 98.1 cm³/mol. The van der Waals surface area contributed by atoms with Gasteiger partial charge in [-0.15, -0.1) is 0 Å². The van der Waals surface area contributed by atoms with Crippen LogP contribution in [0.1, 0.15) is 71.6 Å². The number of aromatic nitrogens is 2. The van der Waals surface area contributed by atoms with Gasteiger partial charge in [0, 0.05) is 18.8 Å². The molecule has 0 N–H and O–H groups in total. The Morgan fingerprint density at radius 3 is 2.35 bits per heavy atom. The monoisotopic (exact) mass is 362 g/mol. The van der Waals surface area contributed by atoms with Gasteiger partial charge in [0.15, 0.2) is 5.75 Å². The van der Waals surface area contributed by atoms with Crippen molar-refractivity contribution in [3.05, 3.63) is 12.4 Å². The third-order valence-electron chi connectivity index (χ3n) is 4.82. The van der Waals surface area contributed by atoms with Gasteiger partial charge >= 0.3 is 12.0 Å². The molecule has 0 spiro atoms. The van der Waals surface area contributed by atoms with E-state index in [0.29, 0.717) is 36.5 Å². The number of nitrogens with zero attached hydrogens (tertiary/aromatic N) is 2. The van der Waals surface area contributed by atoms with E-state index in [1.165, 1.54) is 12.4 Å². The Kier molecular flexibility index (Phi) is 8.51. The lowest BCUT2D eigenvalue weighted by molar-refractivity contribution is -0.134. The number of carbonyl (C=O) groups excluding carboxylic acids is 2. The van der Waals surface area contributed by atoms with Crippen LogP contribution in [0, 0.1) is 11.8 Å². The summed E-state index contributed by atoms with van der Waals surface area (Å²) in [6.45, 7) is 4.60. The lowest BCUT2D eigenvalue weighted by Crippen LogP contribution is -2.25. The number of ether oxygens (including phenoxy) is 2. The molecule has 0 saturated heterocycles. The number of unbranched alkanes of at least 4 members (excludes halogenated alkanes) is 1. The summed E-state index contributed by atoms with van der Waals surface area (Å²) < 4.78 is 10.8. The zero-order valence-electron chi connectivity index (χ0n) is 15.9. The minimum Gasteiger partial charge on any atom is -0.463 e. The number of carbonyl (C=O) groups is 2. The van der Waals surface area contributed by atoms with E-state index in [2.05, 4.69) is 16.9 Å². The fraction of sp³-hybridized carbons (Fsp3) is 0.700. The highest BCUT2D eigenvalue weighted by molar-refractivity contribution is 5.81. The third-order valence-corrected chi connectivity index (χ3v) is 4.82.